The number of nitrogens with one attached hydrogen (secondary N) is 1. The fourth-order valence-corrected chi connectivity index (χ4v) is 3.79. The van der Waals surface area contributed by atoms with Crippen molar-refractivity contribution in [1.29, 1.82) is 0 Å². The van der Waals surface area contributed by atoms with Gasteiger partial charge in [-0.25, -0.2) is 8.42 Å². The Labute approximate surface area is 112 Å². The topological polar surface area (TPSA) is 46.2 Å². The van der Waals surface area contributed by atoms with Crippen LogP contribution in [0.3, 0.4) is 0 Å². The van der Waals surface area contributed by atoms with Crippen molar-refractivity contribution in [2.45, 2.75) is 37.0 Å². The summed E-state index contributed by atoms with van der Waals surface area (Å²) in [4.78, 5) is 0.365. The minimum Gasteiger partial charge on any atom is -0.313 e. The summed E-state index contributed by atoms with van der Waals surface area (Å²) in [6, 6.07) is 6.77. The third-order valence-electron chi connectivity index (χ3n) is 2.84. The molecule has 0 heterocycles. The maximum atomic E-state index is 12.3. The first-order chi connectivity index (χ1) is 7.89. The van der Waals surface area contributed by atoms with Gasteiger partial charge in [0, 0.05) is 10.5 Å². The van der Waals surface area contributed by atoms with Crippen molar-refractivity contribution in [2.75, 3.05) is 6.54 Å². The first kappa shape index (κ1) is 14.7. The SMILES string of the molecule is CCNC(C)C(C)S(=O)(=O)c1cccc(Br)c1. The van der Waals surface area contributed by atoms with E-state index in [1.807, 2.05) is 19.9 Å². The van der Waals surface area contributed by atoms with Gasteiger partial charge < -0.3 is 5.32 Å². The van der Waals surface area contributed by atoms with Gasteiger partial charge in [-0.2, -0.15) is 0 Å². The second-order valence-electron chi connectivity index (χ2n) is 4.05. The number of halogens is 1. The smallest absolute Gasteiger partial charge is 0.182 e. The highest BCUT2D eigenvalue weighted by molar-refractivity contribution is 9.10. The van der Waals surface area contributed by atoms with Crippen molar-refractivity contribution in [3.63, 3.8) is 0 Å². The lowest BCUT2D eigenvalue weighted by atomic mass is 10.2. The average Bonchev–Trinajstić information content (AvgIpc) is 2.28. The van der Waals surface area contributed by atoms with Crippen molar-refractivity contribution in [2.24, 2.45) is 0 Å². The average molecular weight is 320 g/mol. The Kier molecular flexibility index (Phi) is 5.16. The molecule has 0 amide bonds. The standard InChI is InChI=1S/C12H18BrNO2S/c1-4-14-9(2)10(3)17(15,16)12-7-5-6-11(13)8-12/h5-10,14H,4H2,1-3H3. The maximum Gasteiger partial charge on any atom is 0.182 e. The third-order valence-corrected chi connectivity index (χ3v) is 5.64. The monoisotopic (exact) mass is 319 g/mol. The highest BCUT2D eigenvalue weighted by Crippen LogP contribution is 2.21. The normalized spacial score (nSPS) is 15.5. The van der Waals surface area contributed by atoms with Crippen LogP contribution in [-0.4, -0.2) is 26.3 Å². The van der Waals surface area contributed by atoms with Crippen LogP contribution in [0.15, 0.2) is 33.6 Å². The maximum absolute atomic E-state index is 12.3. The Morgan fingerprint density at radius 1 is 1.35 bits per heavy atom. The van der Waals surface area contributed by atoms with E-state index in [0.29, 0.717) is 4.90 Å². The molecule has 5 heteroatoms. The van der Waals surface area contributed by atoms with Crippen LogP contribution in [-0.2, 0) is 9.84 Å². The fraction of sp³-hybridized carbons (Fsp3) is 0.500. The number of hydrogen-bond donors (Lipinski definition) is 1. The van der Waals surface area contributed by atoms with E-state index >= 15 is 0 Å². The minimum absolute atomic E-state index is 0.0658. The molecule has 2 unspecified atom stereocenters. The van der Waals surface area contributed by atoms with Gasteiger partial charge >= 0.3 is 0 Å². The molecule has 0 saturated carbocycles. The zero-order valence-corrected chi connectivity index (χ0v) is 12.7. The van der Waals surface area contributed by atoms with Crippen molar-refractivity contribution in [1.82, 2.24) is 5.32 Å². The van der Waals surface area contributed by atoms with Crippen molar-refractivity contribution >= 4 is 25.8 Å². The van der Waals surface area contributed by atoms with Gasteiger partial charge in [-0.05, 0) is 38.6 Å². The van der Waals surface area contributed by atoms with Gasteiger partial charge in [0.15, 0.2) is 9.84 Å². The molecule has 1 aromatic carbocycles. The van der Waals surface area contributed by atoms with Gasteiger partial charge in [-0.3, -0.25) is 0 Å². The first-order valence-corrected chi connectivity index (χ1v) is 7.96. The van der Waals surface area contributed by atoms with Gasteiger partial charge in [0.2, 0.25) is 0 Å². The summed E-state index contributed by atoms with van der Waals surface area (Å²) < 4.78 is 25.5. The lowest BCUT2D eigenvalue weighted by Crippen LogP contribution is -2.40. The zero-order chi connectivity index (χ0) is 13.1. The Bertz CT molecular complexity index is 473. The molecule has 3 nitrogen and oxygen atoms in total. The van der Waals surface area contributed by atoms with Gasteiger partial charge in [-0.15, -0.1) is 0 Å². The van der Waals surface area contributed by atoms with E-state index in [1.165, 1.54) is 0 Å². The summed E-state index contributed by atoms with van der Waals surface area (Å²) in [6.45, 7) is 6.36. The summed E-state index contributed by atoms with van der Waals surface area (Å²) >= 11 is 3.29. The van der Waals surface area contributed by atoms with Crippen LogP contribution in [0, 0.1) is 0 Å². The van der Waals surface area contributed by atoms with Crippen LogP contribution in [0.25, 0.3) is 0 Å². The molecule has 0 aliphatic rings. The van der Waals surface area contributed by atoms with Crippen LogP contribution in [0.1, 0.15) is 20.8 Å². The molecule has 96 valence electrons. The van der Waals surface area contributed by atoms with Crippen LogP contribution in [0.4, 0.5) is 0 Å². The molecule has 0 radical (unpaired) electrons. The third kappa shape index (κ3) is 3.53. The highest BCUT2D eigenvalue weighted by atomic mass is 79.9. The molecule has 0 aromatic heterocycles. The Hall–Kier alpha value is -0.390. The van der Waals surface area contributed by atoms with E-state index in [9.17, 15) is 8.42 Å². The zero-order valence-electron chi connectivity index (χ0n) is 10.3. The molecule has 2 atom stereocenters. The van der Waals surface area contributed by atoms with Gasteiger partial charge in [0.25, 0.3) is 0 Å². The van der Waals surface area contributed by atoms with Crippen molar-refractivity contribution in [3.8, 4) is 0 Å². The first-order valence-electron chi connectivity index (χ1n) is 5.62. The molecular weight excluding hydrogens is 302 g/mol. The summed E-state index contributed by atoms with van der Waals surface area (Å²) in [7, 11) is -3.28. The molecular formula is C12H18BrNO2S. The molecule has 1 aromatic rings. The highest BCUT2D eigenvalue weighted by Gasteiger charge is 2.27. The molecule has 0 fully saturated rings. The molecule has 1 rings (SSSR count). The van der Waals surface area contributed by atoms with Gasteiger partial charge in [-0.1, -0.05) is 28.9 Å². The quantitative estimate of drug-likeness (QED) is 0.907. The lowest BCUT2D eigenvalue weighted by Gasteiger charge is -2.21. The van der Waals surface area contributed by atoms with E-state index in [0.717, 1.165) is 11.0 Å². The second-order valence-corrected chi connectivity index (χ2v) is 7.27. The molecule has 17 heavy (non-hydrogen) atoms. The van der Waals surface area contributed by atoms with E-state index in [-0.39, 0.29) is 6.04 Å². The van der Waals surface area contributed by atoms with Crippen LogP contribution in [0.2, 0.25) is 0 Å². The number of benzene rings is 1. The molecule has 0 saturated heterocycles. The van der Waals surface area contributed by atoms with Gasteiger partial charge in [0.1, 0.15) is 0 Å². The number of rotatable bonds is 5. The second kappa shape index (κ2) is 5.98. The van der Waals surface area contributed by atoms with E-state index in [2.05, 4.69) is 21.2 Å². The van der Waals surface area contributed by atoms with E-state index < -0.39 is 15.1 Å². The van der Waals surface area contributed by atoms with Crippen molar-refractivity contribution in [3.05, 3.63) is 28.7 Å². The van der Waals surface area contributed by atoms with Crippen molar-refractivity contribution < 1.29 is 8.42 Å². The Morgan fingerprint density at radius 2 is 2.00 bits per heavy atom. The lowest BCUT2D eigenvalue weighted by molar-refractivity contribution is 0.521. The van der Waals surface area contributed by atoms with E-state index in [4.69, 9.17) is 0 Å². The molecule has 0 aliphatic carbocycles. The van der Waals surface area contributed by atoms with Gasteiger partial charge in [0.05, 0.1) is 10.1 Å². The Morgan fingerprint density at radius 3 is 2.53 bits per heavy atom. The summed E-state index contributed by atoms with van der Waals surface area (Å²) in [5.74, 6) is 0. The summed E-state index contributed by atoms with van der Waals surface area (Å²) in [5, 5.41) is 2.70. The molecule has 0 spiro atoms. The minimum atomic E-state index is -3.28. The largest absolute Gasteiger partial charge is 0.313 e. The van der Waals surface area contributed by atoms with E-state index in [1.54, 1.807) is 25.1 Å². The van der Waals surface area contributed by atoms with Crippen LogP contribution in [0.5, 0.6) is 0 Å². The predicted molar refractivity (Wildman–Crippen MR) is 73.9 cm³/mol. The predicted octanol–water partition coefficient (Wildman–Crippen LogP) is 2.61. The summed E-state index contributed by atoms with van der Waals surface area (Å²) in [6.07, 6.45) is 0. The molecule has 0 aliphatic heterocycles. The van der Waals surface area contributed by atoms with Crippen LogP contribution < -0.4 is 5.32 Å². The Balaban J connectivity index is 3.03. The summed E-state index contributed by atoms with van der Waals surface area (Å²) in [5.41, 5.74) is 0. The van der Waals surface area contributed by atoms with Crippen LogP contribution >= 0.6 is 15.9 Å². The number of hydrogen-bond acceptors (Lipinski definition) is 3. The number of sulfone groups is 1. The molecule has 0 bridgehead atoms. The molecule has 1 N–H and O–H groups in total. The fourth-order valence-electron chi connectivity index (χ4n) is 1.62.